The lowest BCUT2D eigenvalue weighted by atomic mass is 9.91. The van der Waals surface area contributed by atoms with Gasteiger partial charge in [0.2, 0.25) is 0 Å². The first kappa shape index (κ1) is 12.5. The summed E-state index contributed by atoms with van der Waals surface area (Å²) < 4.78 is 18.1. The predicted octanol–water partition coefficient (Wildman–Crippen LogP) is 2.49. The third-order valence-electron chi connectivity index (χ3n) is 2.86. The summed E-state index contributed by atoms with van der Waals surface area (Å²) in [7, 11) is 1.53. The van der Waals surface area contributed by atoms with Crippen molar-refractivity contribution in [2.45, 2.75) is 12.5 Å². The molecule has 1 unspecified atom stereocenters. The van der Waals surface area contributed by atoms with Gasteiger partial charge < -0.3 is 9.84 Å². The van der Waals surface area contributed by atoms with Gasteiger partial charge in [0.15, 0.2) is 0 Å². The van der Waals surface area contributed by atoms with Crippen LogP contribution in [-0.4, -0.2) is 17.2 Å². The summed E-state index contributed by atoms with van der Waals surface area (Å²) in [6.45, 7) is 1.60. The first-order valence-corrected chi connectivity index (χ1v) is 5.53. The molecular formula is C14H14FNO2. The van der Waals surface area contributed by atoms with Gasteiger partial charge in [-0.15, -0.1) is 0 Å². The second-order valence-corrected chi connectivity index (χ2v) is 4.13. The van der Waals surface area contributed by atoms with Gasteiger partial charge in [0.25, 0.3) is 0 Å². The number of benzene rings is 1. The van der Waals surface area contributed by atoms with Crippen LogP contribution in [0.25, 0.3) is 0 Å². The van der Waals surface area contributed by atoms with E-state index in [0.717, 1.165) is 6.20 Å². The second-order valence-electron chi connectivity index (χ2n) is 4.13. The van der Waals surface area contributed by atoms with E-state index in [2.05, 4.69) is 4.98 Å². The Bertz CT molecular complexity index is 538. The molecule has 0 aliphatic heterocycles. The molecule has 3 nitrogen and oxygen atoms in total. The fourth-order valence-corrected chi connectivity index (χ4v) is 1.85. The van der Waals surface area contributed by atoms with Gasteiger partial charge in [-0.1, -0.05) is 18.2 Å². The maximum atomic E-state index is 12.9. The van der Waals surface area contributed by atoms with Crippen molar-refractivity contribution in [3.05, 3.63) is 59.7 Å². The highest BCUT2D eigenvalue weighted by atomic mass is 19.1. The second kappa shape index (κ2) is 4.74. The number of nitrogens with zero attached hydrogens (tertiary/aromatic N) is 1. The lowest BCUT2D eigenvalue weighted by molar-refractivity contribution is 0.0941. The third-order valence-corrected chi connectivity index (χ3v) is 2.86. The molecule has 1 atom stereocenters. The molecule has 94 valence electrons. The van der Waals surface area contributed by atoms with Crippen LogP contribution < -0.4 is 4.74 Å². The highest BCUT2D eigenvalue weighted by molar-refractivity contribution is 5.42. The summed E-state index contributed by atoms with van der Waals surface area (Å²) in [4.78, 5) is 3.92. The molecule has 0 aliphatic carbocycles. The van der Waals surface area contributed by atoms with E-state index < -0.39 is 11.4 Å². The van der Waals surface area contributed by atoms with E-state index in [1.807, 2.05) is 6.07 Å². The van der Waals surface area contributed by atoms with Crippen molar-refractivity contribution in [3.63, 3.8) is 0 Å². The summed E-state index contributed by atoms with van der Waals surface area (Å²) in [6.07, 6.45) is 1.08. The normalized spacial score (nSPS) is 14.0. The van der Waals surface area contributed by atoms with E-state index >= 15 is 0 Å². The minimum absolute atomic E-state index is 0.369. The van der Waals surface area contributed by atoms with E-state index in [0.29, 0.717) is 17.0 Å². The summed E-state index contributed by atoms with van der Waals surface area (Å²) >= 11 is 0. The van der Waals surface area contributed by atoms with Crippen LogP contribution in [-0.2, 0) is 5.60 Å². The van der Waals surface area contributed by atoms with Crippen molar-refractivity contribution in [2.75, 3.05) is 7.11 Å². The van der Waals surface area contributed by atoms with E-state index in [1.54, 1.807) is 25.1 Å². The van der Waals surface area contributed by atoms with Crippen molar-refractivity contribution >= 4 is 0 Å². The van der Waals surface area contributed by atoms with Gasteiger partial charge in [0.1, 0.15) is 17.2 Å². The SMILES string of the molecule is COc1ccccc1C(C)(O)c1ccc(F)cn1. The number of pyridine rings is 1. The largest absolute Gasteiger partial charge is 0.496 e. The average Bonchev–Trinajstić information content (AvgIpc) is 2.39. The summed E-state index contributed by atoms with van der Waals surface area (Å²) in [5, 5.41) is 10.6. The summed E-state index contributed by atoms with van der Waals surface area (Å²) in [6, 6.07) is 9.86. The number of halogens is 1. The van der Waals surface area contributed by atoms with Crippen molar-refractivity contribution < 1.29 is 14.2 Å². The maximum absolute atomic E-state index is 12.9. The Labute approximate surface area is 105 Å². The number of aliphatic hydroxyl groups is 1. The molecule has 2 aromatic rings. The lowest BCUT2D eigenvalue weighted by Gasteiger charge is -2.25. The molecule has 18 heavy (non-hydrogen) atoms. The average molecular weight is 247 g/mol. The van der Waals surface area contributed by atoms with E-state index in [1.165, 1.54) is 19.2 Å². The van der Waals surface area contributed by atoms with Crippen molar-refractivity contribution in [1.82, 2.24) is 4.98 Å². The maximum Gasteiger partial charge on any atom is 0.141 e. The third kappa shape index (κ3) is 2.19. The van der Waals surface area contributed by atoms with Gasteiger partial charge in [-0.05, 0) is 25.1 Å². The van der Waals surface area contributed by atoms with E-state index in [4.69, 9.17) is 4.74 Å². The van der Waals surface area contributed by atoms with Crippen LogP contribution in [0.1, 0.15) is 18.2 Å². The Morgan fingerprint density at radius 1 is 1.22 bits per heavy atom. The van der Waals surface area contributed by atoms with Crippen LogP contribution in [0.2, 0.25) is 0 Å². The molecular weight excluding hydrogens is 233 g/mol. The smallest absolute Gasteiger partial charge is 0.141 e. The van der Waals surface area contributed by atoms with Gasteiger partial charge in [-0.2, -0.15) is 0 Å². The van der Waals surface area contributed by atoms with Gasteiger partial charge in [0.05, 0.1) is 19.0 Å². The molecule has 2 rings (SSSR count). The molecule has 1 aromatic heterocycles. The molecule has 1 heterocycles. The minimum Gasteiger partial charge on any atom is -0.496 e. The van der Waals surface area contributed by atoms with Crippen LogP contribution in [0.4, 0.5) is 4.39 Å². The zero-order valence-electron chi connectivity index (χ0n) is 10.2. The summed E-state index contributed by atoms with van der Waals surface area (Å²) in [5.74, 6) is 0.128. The Balaban J connectivity index is 2.50. The lowest BCUT2D eigenvalue weighted by Crippen LogP contribution is -2.25. The zero-order valence-corrected chi connectivity index (χ0v) is 10.2. The fourth-order valence-electron chi connectivity index (χ4n) is 1.85. The van der Waals surface area contributed by atoms with Gasteiger partial charge >= 0.3 is 0 Å². The van der Waals surface area contributed by atoms with Gasteiger partial charge in [0, 0.05) is 5.56 Å². The standard InChI is InChI=1S/C14H14FNO2/c1-14(17,13-8-7-10(15)9-16-13)11-5-3-4-6-12(11)18-2/h3-9,17H,1-2H3. The number of methoxy groups -OCH3 is 1. The number of hydrogen-bond acceptors (Lipinski definition) is 3. The number of rotatable bonds is 3. The van der Waals surface area contributed by atoms with Crippen LogP contribution in [0.5, 0.6) is 5.75 Å². The molecule has 0 spiro atoms. The molecule has 0 saturated carbocycles. The Morgan fingerprint density at radius 3 is 2.56 bits per heavy atom. The fraction of sp³-hybridized carbons (Fsp3) is 0.214. The number of aromatic nitrogens is 1. The molecule has 0 bridgehead atoms. The van der Waals surface area contributed by atoms with Crippen LogP contribution in [0.15, 0.2) is 42.6 Å². The van der Waals surface area contributed by atoms with Crippen molar-refractivity contribution in [1.29, 1.82) is 0 Å². The van der Waals surface area contributed by atoms with Crippen molar-refractivity contribution in [2.24, 2.45) is 0 Å². The molecule has 1 aromatic carbocycles. The summed E-state index contributed by atoms with van der Waals surface area (Å²) in [5.41, 5.74) is -0.375. The topological polar surface area (TPSA) is 42.4 Å². The molecule has 1 N–H and O–H groups in total. The van der Waals surface area contributed by atoms with E-state index in [-0.39, 0.29) is 0 Å². The van der Waals surface area contributed by atoms with Crippen LogP contribution in [0, 0.1) is 5.82 Å². The Morgan fingerprint density at radius 2 is 1.94 bits per heavy atom. The molecule has 0 amide bonds. The van der Waals surface area contributed by atoms with Crippen LogP contribution >= 0.6 is 0 Å². The minimum atomic E-state index is -1.33. The quantitative estimate of drug-likeness (QED) is 0.906. The number of para-hydroxylation sites is 1. The van der Waals surface area contributed by atoms with Crippen LogP contribution in [0.3, 0.4) is 0 Å². The first-order chi connectivity index (χ1) is 8.55. The molecule has 0 aliphatic rings. The first-order valence-electron chi connectivity index (χ1n) is 5.53. The molecule has 4 heteroatoms. The predicted molar refractivity (Wildman–Crippen MR) is 65.9 cm³/mol. The van der Waals surface area contributed by atoms with Gasteiger partial charge in [-0.25, -0.2) is 4.39 Å². The monoisotopic (exact) mass is 247 g/mol. The molecule has 0 fully saturated rings. The van der Waals surface area contributed by atoms with E-state index in [9.17, 15) is 9.50 Å². The van der Waals surface area contributed by atoms with Gasteiger partial charge in [-0.3, -0.25) is 4.98 Å². The van der Waals surface area contributed by atoms with Crippen molar-refractivity contribution in [3.8, 4) is 5.75 Å². The highest BCUT2D eigenvalue weighted by Gasteiger charge is 2.30. The Kier molecular flexibility index (Phi) is 3.30. The zero-order chi connectivity index (χ0) is 13.2. The Hall–Kier alpha value is -1.94. The number of ether oxygens (including phenoxy) is 1. The number of hydrogen-bond donors (Lipinski definition) is 1. The molecule has 0 radical (unpaired) electrons. The molecule has 0 saturated heterocycles. The highest BCUT2D eigenvalue weighted by Crippen LogP contribution is 2.33.